The molecule has 2 aromatic carbocycles. The molecular weight excluding hydrogens is 270 g/mol. The average Bonchev–Trinajstić information content (AvgIpc) is 2.53. The fourth-order valence-corrected chi connectivity index (χ4v) is 1.68. The van der Waals surface area contributed by atoms with E-state index in [-0.39, 0.29) is 5.69 Å². The van der Waals surface area contributed by atoms with Gasteiger partial charge in [0, 0.05) is 18.3 Å². The van der Waals surface area contributed by atoms with E-state index in [0.29, 0.717) is 5.71 Å². The first-order valence-corrected chi connectivity index (χ1v) is 6.18. The van der Waals surface area contributed by atoms with E-state index in [1.165, 1.54) is 12.1 Å². The first-order valence-electron chi connectivity index (χ1n) is 6.18. The van der Waals surface area contributed by atoms with Crippen molar-refractivity contribution in [3.8, 4) is 0 Å². The van der Waals surface area contributed by atoms with Crippen LogP contribution in [0.1, 0.15) is 18.1 Å². The van der Waals surface area contributed by atoms with Gasteiger partial charge in [0.1, 0.15) is 0 Å². The Morgan fingerprint density at radius 1 is 1.14 bits per heavy atom. The fraction of sp³-hybridized carbons (Fsp3) is 0.0667. The Kier molecular flexibility index (Phi) is 4.40. The number of nitro groups is 1. The molecule has 0 saturated heterocycles. The zero-order valence-corrected chi connectivity index (χ0v) is 11.3. The minimum atomic E-state index is -0.440. The van der Waals surface area contributed by atoms with E-state index in [4.69, 9.17) is 5.21 Å². The van der Waals surface area contributed by atoms with Gasteiger partial charge in [0.25, 0.3) is 5.69 Å². The van der Waals surface area contributed by atoms with E-state index in [0.717, 1.165) is 16.8 Å². The highest BCUT2D eigenvalue weighted by molar-refractivity contribution is 5.98. The van der Waals surface area contributed by atoms with Crippen LogP contribution in [-0.4, -0.2) is 22.1 Å². The van der Waals surface area contributed by atoms with Crippen molar-refractivity contribution in [1.82, 2.24) is 0 Å². The van der Waals surface area contributed by atoms with E-state index in [2.05, 4.69) is 10.1 Å². The second-order valence-electron chi connectivity index (χ2n) is 4.34. The molecule has 0 aliphatic heterocycles. The van der Waals surface area contributed by atoms with E-state index in [1.807, 2.05) is 0 Å². The van der Waals surface area contributed by atoms with Crippen molar-refractivity contribution in [2.45, 2.75) is 6.92 Å². The van der Waals surface area contributed by atoms with Crippen LogP contribution in [0.4, 0.5) is 11.4 Å². The molecule has 0 atom stereocenters. The molecular formula is C15H13N3O3. The first kappa shape index (κ1) is 14.4. The summed E-state index contributed by atoms with van der Waals surface area (Å²) in [5.41, 5.74) is 2.91. The van der Waals surface area contributed by atoms with Crippen molar-refractivity contribution in [3.63, 3.8) is 0 Å². The Hall–Kier alpha value is -3.02. The largest absolute Gasteiger partial charge is 0.411 e. The Labute approximate surface area is 121 Å². The highest BCUT2D eigenvalue weighted by atomic mass is 16.6. The molecule has 6 heteroatoms. The monoisotopic (exact) mass is 283 g/mol. The summed E-state index contributed by atoms with van der Waals surface area (Å²) in [5, 5.41) is 22.4. The molecule has 0 aliphatic rings. The smallest absolute Gasteiger partial charge is 0.269 e. The number of non-ortho nitro benzene ring substituents is 1. The van der Waals surface area contributed by atoms with Gasteiger partial charge in [-0.05, 0) is 42.3 Å². The van der Waals surface area contributed by atoms with Crippen molar-refractivity contribution in [3.05, 3.63) is 69.8 Å². The Morgan fingerprint density at radius 2 is 1.76 bits per heavy atom. The molecule has 0 saturated carbocycles. The number of hydrogen-bond donors (Lipinski definition) is 1. The molecule has 0 aromatic heterocycles. The Bertz CT molecular complexity index is 689. The highest BCUT2D eigenvalue weighted by Crippen LogP contribution is 2.15. The maximum Gasteiger partial charge on any atom is 0.269 e. The molecule has 2 rings (SSSR count). The third-order valence-corrected chi connectivity index (χ3v) is 2.90. The first-order chi connectivity index (χ1) is 10.1. The van der Waals surface area contributed by atoms with E-state index < -0.39 is 4.92 Å². The van der Waals surface area contributed by atoms with Crippen LogP contribution in [0.5, 0.6) is 0 Å². The van der Waals surface area contributed by atoms with Gasteiger partial charge in [0.05, 0.1) is 16.3 Å². The van der Waals surface area contributed by atoms with Gasteiger partial charge < -0.3 is 5.21 Å². The third kappa shape index (κ3) is 3.73. The Balaban J connectivity index is 2.12. The number of oxime groups is 1. The molecule has 0 spiro atoms. The van der Waals surface area contributed by atoms with Gasteiger partial charge in [-0.2, -0.15) is 0 Å². The maximum absolute atomic E-state index is 10.5. The average molecular weight is 283 g/mol. The minimum Gasteiger partial charge on any atom is -0.411 e. The quantitative estimate of drug-likeness (QED) is 0.403. The van der Waals surface area contributed by atoms with E-state index >= 15 is 0 Å². The third-order valence-electron chi connectivity index (χ3n) is 2.90. The summed E-state index contributed by atoms with van der Waals surface area (Å²) in [6.45, 7) is 1.70. The molecule has 2 aromatic rings. The van der Waals surface area contributed by atoms with Crippen LogP contribution in [0.25, 0.3) is 0 Å². The van der Waals surface area contributed by atoms with Crippen molar-refractivity contribution in [2.24, 2.45) is 10.1 Å². The zero-order chi connectivity index (χ0) is 15.2. The van der Waals surface area contributed by atoms with Gasteiger partial charge in [-0.15, -0.1) is 0 Å². The predicted molar refractivity (Wildman–Crippen MR) is 80.8 cm³/mol. The van der Waals surface area contributed by atoms with Gasteiger partial charge >= 0.3 is 0 Å². The van der Waals surface area contributed by atoms with Gasteiger partial charge in [-0.25, -0.2) is 0 Å². The molecule has 0 aliphatic carbocycles. The van der Waals surface area contributed by atoms with Crippen molar-refractivity contribution < 1.29 is 10.1 Å². The van der Waals surface area contributed by atoms with Crippen molar-refractivity contribution >= 4 is 23.3 Å². The minimum absolute atomic E-state index is 0.0512. The topological polar surface area (TPSA) is 88.1 Å². The second-order valence-corrected chi connectivity index (χ2v) is 4.34. The van der Waals surface area contributed by atoms with Gasteiger partial charge in [-0.1, -0.05) is 17.3 Å². The summed E-state index contributed by atoms with van der Waals surface area (Å²) >= 11 is 0. The molecule has 1 N–H and O–H groups in total. The lowest BCUT2D eigenvalue weighted by Gasteiger charge is -1.99. The number of nitro benzene ring substituents is 1. The number of rotatable bonds is 4. The molecule has 6 nitrogen and oxygen atoms in total. The van der Waals surface area contributed by atoms with Gasteiger partial charge in [0.15, 0.2) is 0 Å². The molecule has 106 valence electrons. The summed E-state index contributed by atoms with van der Waals surface area (Å²) in [7, 11) is 0. The Morgan fingerprint density at radius 3 is 2.29 bits per heavy atom. The lowest BCUT2D eigenvalue weighted by atomic mass is 10.1. The summed E-state index contributed by atoms with van der Waals surface area (Å²) in [5.74, 6) is 0. The van der Waals surface area contributed by atoms with Crippen LogP contribution in [0.2, 0.25) is 0 Å². The van der Waals surface area contributed by atoms with Gasteiger partial charge in [-0.3, -0.25) is 15.1 Å². The zero-order valence-electron chi connectivity index (χ0n) is 11.3. The summed E-state index contributed by atoms with van der Waals surface area (Å²) in [4.78, 5) is 14.4. The van der Waals surface area contributed by atoms with Gasteiger partial charge in [0.2, 0.25) is 0 Å². The van der Waals surface area contributed by atoms with Crippen LogP contribution < -0.4 is 0 Å². The summed E-state index contributed by atoms with van der Waals surface area (Å²) in [6.07, 6.45) is 1.63. The second kappa shape index (κ2) is 6.42. The predicted octanol–water partition coefficient (Wildman–Crippen LogP) is 3.54. The normalized spacial score (nSPS) is 11.8. The maximum atomic E-state index is 10.5. The van der Waals surface area contributed by atoms with Crippen LogP contribution in [0.15, 0.2) is 58.7 Å². The van der Waals surface area contributed by atoms with Crippen LogP contribution in [0.3, 0.4) is 0 Å². The molecule has 0 fully saturated rings. The van der Waals surface area contributed by atoms with Crippen molar-refractivity contribution in [2.75, 3.05) is 0 Å². The van der Waals surface area contributed by atoms with Crippen molar-refractivity contribution in [1.29, 1.82) is 0 Å². The summed E-state index contributed by atoms with van der Waals surface area (Å²) in [6, 6.07) is 13.3. The molecule has 21 heavy (non-hydrogen) atoms. The fourth-order valence-electron chi connectivity index (χ4n) is 1.68. The number of aliphatic imine (C=N–C) groups is 1. The number of benzene rings is 2. The SMILES string of the molecule is C/C(=N\O)c1ccc(N=Cc2ccc([N+](=O)[O-])cc2)cc1. The lowest BCUT2D eigenvalue weighted by Crippen LogP contribution is -1.92. The molecule has 0 unspecified atom stereocenters. The number of hydrogen-bond acceptors (Lipinski definition) is 5. The molecule has 0 heterocycles. The molecule has 0 amide bonds. The standard InChI is InChI=1S/C15H13N3O3/c1-11(17-19)13-4-6-14(7-5-13)16-10-12-2-8-15(9-3-12)18(20)21/h2-10,19H,1H3/b16-10?,17-11+. The summed E-state index contributed by atoms with van der Waals surface area (Å²) < 4.78 is 0. The van der Waals surface area contributed by atoms with Crippen LogP contribution >= 0.6 is 0 Å². The molecule has 0 bridgehead atoms. The van der Waals surface area contributed by atoms with E-state index in [9.17, 15) is 10.1 Å². The number of nitrogens with zero attached hydrogens (tertiary/aromatic N) is 3. The van der Waals surface area contributed by atoms with Crippen LogP contribution in [0, 0.1) is 10.1 Å². The highest BCUT2D eigenvalue weighted by Gasteiger charge is 2.02. The van der Waals surface area contributed by atoms with E-state index in [1.54, 1.807) is 49.5 Å². The molecule has 0 radical (unpaired) electrons. The van der Waals surface area contributed by atoms with Crippen LogP contribution in [-0.2, 0) is 0 Å². The lowest BCUT2D eigenvalue weighted by molar-refractivity contribution is -0.384.